The number of piperidine rings is 1. The van der Waals surface area contributed by atoms with E-state index in [1.54, 1.807) is 12.1 Å². The lowest BCUT2D eigenvalue weighted by Crippen LogP contribution is -2.42. The molecule has 1 aromatic carbocycles. The molecule has 7 nitrogen and oxygen atoms in total. The molecule has 11 heteroatoms. The predicted molar refractivity (Wildman–Crippen MR) is 132 cm³/mol. The van der Waals surface area contributed by atoms with Crippen molar-refractivity contribution in [2.75, 3.05) is 18.4 Å². The number of hydrogen-bond donors (Lipinski definition) is 3. The zero-order valence-electron chi connectivity index (χ0n) is 18.9. The third-order valence-corrected chi connectivity index (χ3v) is 6.99. The number of carbonyl (C=O) groups is 2. The molecule has 35 heavy (non-hydrogen) atoms. The van der Waals surface area contributed by atoms with Crippen molar-refractivity contribution in [3.63, 3.8) is 0 Å². The van der Waals surface area contributed by atoms with Gasteiger partial charge in [-0.15, -0.1) is 11.3 Å². The van der Waals surface area contributed by atoms with Gasteiger partial charge in [0.15, 0.2) is 11.6 Å². The van der Waals surface area contributed by atoms with Crippen molar-refractivity contribution >= 4 is 40.6 Å². The van der Waals surface area contributed by atoms with Crippen molar-refractivity contribution < 1.29 is 18.4 Å². The number of hydrogen-bond acceptors (Lipinski definition) is 6. The Labute approximate surface area is 210 Å². The quantitative estimate of drug-likeness (QED) is 0.429. The molecule has 3 N–H and O–H groups in total. The third-order valence-electron chi connectivity index (χ3n) is 5.64. The van der Waals surface area contributed by atoms with E-state index in [9.17, 15) is 18.4 Å². The van der Waals surface area contributed by atoms with E-state index in [1.807, 2.05) is 6.92 Å². The first-order chi connectivity index (χ1) is 16.8. The summed E-state index contributed by atoms with van der Waals surface area (Å²) < 4.78 is 27.3. The molecule has 4 rings (SSSR count). The second kappa shape index (κ2) is 11.2. The molecule has 0 radical (unpaired) electrons. The largest absolute Gasteiger partial charge is 0.353 e. The molecule has 0 spiro atoms. The van der Waals surface area contributed by atoms with E-state index < -0.39 is 17.5 Å². The van der Waals surface area contributed by atoms with Crippen LogP contribution in [0.4, 0.5) is 14.6 Å². The van der Waals surface area contributed by atoms with Gasteiger partial charge in [0.2, 0.25) is 5.91 Å². The number of benzene rings is 1. The number of aromatic nitrogens is 2. The Balaban J connectivity index is 1.57. The highest BCUT2D eigenvalue weighted by atomic mass is 35.5. The highest BCUT2D eigenvalue weighted by Gasteiger charge is 2.25. The molecule has 2 aromatic heterocycles. The Morgan fingerprint density at radius 3 is 2.66 bits per heavy atom. The van der Waals surface area contributed by atoms with Crippen LogP contribution in [0, 0.1) is 17.6 Å². The molecule has 0 saturated carbocycles. The first-order valence-electron chi connectivity index (χ1n) is 11.2. The Hall–Kier alpha value is -2.95. The van der Waals surface area contributed by atoms with Crippen molar-refractivity contribution in [1.82, 2.24) is 20.6 Å². The molecule has 1 aliphatic rings. The minimum absolute atomic E-state index is 0.0132. The number of nitrogens with zero attached hydrogens (tertiary/aromatic N) is 2. The number of pyridine rings is 1. The van der Waals surface area contributed by atoms with Crippen molar-refractivity contribution in [3.05, 3.63) is 63.8 Å². The molecule has 1 aliphatic heterocycles. The van der Waals surface area contributed by atoms with Crippen molar-refractivity contribution in [3.8, 4) is 10.6 Å². The molecule has 3 aromatic rings. The first-order valence-corrected chi connectivity index (χ1v) is 12.4. The predicted octanol–water partition coefficient (Wildman–Crippen LogP) is 4.44. The summed E-state index contributed by atoms with van der Waals surface area (Å²) >= 11 is 7.05. The summed E-state index contributed by atoms with van der Waals surface area (Å²) in [5.74, 6) is -2.24. The molecule has 3 heterocycles. The molecule has 184 valence electrons. The van der Waals surface area contributed by atoms with Gasteiger partial charge in [-0.25, -0.2) is 18.7 Å². The van der Waals surface area contributed by atoms with E-state index in [-0.39, 0.29) is 23.6 Å². The molecule has 1 unspecified atom stereocenters. The molecule has 1 saturated heterocycles. The Morgan fingerprint density at radius 1 is 1.20 bits per heavy atom. The maximum Gasteiger partial charge on any atom is 0.276 e. The van der Waals surface area contributed by atoms with Gasteiger partial charge in [0.05, 0.1) is 5.02 Å². The van der Waals surface area contributed by atoms with E-state index in [0.29, 0.717) is 32.7 Å². The average Bonchev–Trinajstić information content (AvgIpc) is 3.26. The van der Waals surface area contributed by atoms with Crippen molar-refractivity contribution in [1.29, 1.82) is 0 Å². The topological polar surface area (TPSA) is 96.0 Å². The van der Waals surface area contributed by atoms with Gasteiger partial charge in [0, 0.05) is 35.0 Å². The summed E-state index contributed by atoms with van der Waals surface area (Å²) in [6, 6.07) is 6.36. The summed E-state index contributed by atoms with van der Waals surface area (Å²) in [6.07, 6.45) is 3.31. The highest BCUT2D eigenvalue weighted by Crippen LogP contribution is 2.31. The van der Waals surface area contributed by atoms with Crippen LogP contribution >= 0.6 is 22.9 Å². The van der Waals surface area contributed by atoms with E-state index >= 15 is 0 Å². The Kier molecular flexibility index (Phi) is 8.04. The van der Waals surface area contributed by atoms with Crippen LogP contribution < -0.4 is 16.0 Å². The van der Waals surface area contributed by atoms with Crippen LogP contribution in [0.3, 0.4) is 0 Å². The zero-order valence-corrected chi connectivity index (χ0v) is 20.5. The second-order valence-electron chi connectivity index (χ2n) is 8.37. The number of carbonyl (C=O) groups excluding carboxylic acids is 2. The lowest BCUT2D eigenvalue weighted by atomic mass is 9.97. The zero-order chi connectivity index (χ0) is 24.9. The van der Waals surface area contributed by atoms with Crippen LogP contribution in [-0.2, 0) is 11.2 Å². The monoisotopic (exact) mass is 519 g/mol. The molecular weight excluding hydrogens is 496 g/mol. The summed E-state index contributed by atoms with van der Waals surface area (Å²) in [5, 5.41) is 9.74. The van der Waals surface area contributed by atoms with E-state index in [2.05, 4.69) is 25.9 Å². The number of thiazole rings is 1. The van der Waals surface area contributed by atoms with Gasteiger partial charge in [-0.2, -0.15) is 0 Å². The molecule has 2 amide bonds. The highest BCUT2D eigenvalue weighted by molar-refractivity contribution is 7.15. The Bertz CT molecular complexity index is 1220. The minimum Gasteiger partial charge on any atom is -0.353 e. The van der Waals surface area contributed by atoms with Gasteiger partial charge >= 0.3 is 0 Å². The summed E-state index contributed by atoms with van der Waals surface area (Å²) in [4.78, 5) is 34.8. The molecule has 0 bridgehead atoms. The Morgan fingerprint density at radius 2 is 1.97 bits per heavy atom. The van der Waals surface area contributed by atoms with Gasteiger partial charge in [-0.1, -0.05) is 11.6 Å². The molecule has 0 aliphatic carbocycles. The molecular formula is C24H24ClF2N5O2S. The van der Waals surface area contributed by atoms with Crippen LogP contribution in [0.25, 0.3) is 10.6 Å². The lowest BCUT2D eigenvalue weighted by molar-refractivity contribution is -0.126. The number of amides is 2. The molecule has 1 fully saturated rings. The van der Waals surface area contributed by atoms with Gasteiger partial charge in [0.25, 0.3) is 5.91 Å². The van der Waals surface area contributed by atoms with Crippen molar-refractivity contribution in [2.24, 2.45) is 5.92 Å². The smallest absolute Gasteiger partial charge is 0.276 e. The summed E-state index contributed by atoms with van der Waals surface area (Å²) in [6.45, 7) is 3.47. The number of rotatable bonds is 7. The van der Waals surface area contributed by atoms with Crippen LogP contribution in [0.2, 0.25) is 5.02 Å². The van der Waals surface area contributed by atoms with Crippen LogP contribution in [0.5, 0.6) is 0 Å². The van der Waals surface area contributed by atoms with Gasteiger partial charge in [-0.3, -0.25) is 9.59 Å². The van der Waals surface area contributed by atoms with Crippen LogP contribution in [0.1, 0.15) is 35.1 Å². The van der Waals surface area contributed by atoms with Crippen LogP contribution in [0.15, 0.2) is 36.5 Å². The van der Waals surface area contributed by atoms with E-state index in [4.69, 9.17) is 11.6 Å². The number of halogens is 3. The fourth-order valence-corrected chi connectivity index (χ4v) is 5.11. The fraction of sp³-hybridized carbons (Fsp3) is 0.333. The minimum atomic E-state index is -1.00. The van der Waals surface area contributed by atoms with E-state index in [0.717, 1.165) is 38.1 Å². The standard InChI is InChI=1S/C24H24ClF2N5O2S/c1-13(30-22(33)14-6-8-28-9-7-14)10-19-21(23(34)31-20-5-3-16(25)12-29-20)32-24(35-19)15-2-4-17(26)18(27)11-15/h2-5,11-14,28H,6-10H2,1H3,(H,30,33)(H,29,31,34). The van der Waals surface area contributed by atoms with Gasteiger partial charge < -0.3 is 16.0 Å². The lowest BCUT2D eigenvalue weighted by Gasteiger charge is -2.23. The first kappa shape index (κ1) is 25.2. The van der Waals surface area contributed by atoms with Crippen LogP contribution in [-0.4, -0.2) is 40.9 Å². The normalized spacial score (nSPS) is 15.0. The second-order valence-corrected chi connectivity index (χ2v) is 9.89. The number of nitrogens with one attached hydrogen (secondary N) is 3. The molecule has 1 atom stereocenters. The number of anilines is 1. The van der Waals surface area contributed by atoms with Gasteiger partial charge in [-0.05, 0) is 63.2 Å². The van der Waals surface area contributed by atoms with Gasteiger partial charge in [0.1, 0.15) is 16.5 Å². The summed E-state index contributed by atoms with van der Waals surface area (Å²) in [7, 11) is 0. The fourth-order valence-electron chi connectivity index (χ4n) is 3.82. The maximum absolute atomic E-state index is 13.8. The maximum atomic E-state index is 13.8. The van der Waals surface area contributed by atoms with Crippen molar-refractivity contribution in [2.45, 2.75) is 32.2 Å². The third kappa shape index (κ3) is 6.39. The SMILES string of the molecule is CC(Cc1sc(-c2ccc(F)c(F)c2)nc1C(=O)Nc1ccc(Cl)cn1)NC(=O)C1CCNCC1. The summed E-state index contributed by atoms with van der Waals surface area (Å²) in [5.41, 5.74) is 0.486. The van der Waals surface area contributed by atoms with E-state index in [1.165, 1.54) is 23.6 Å². The average molecular weight is 520 g/mol.